The fourth-order valence-electron chi connectivity index (χ4n) is 5.07. The molecule has 0 spiro atoms. The number of sulfonamides is 1. The average molecular weight is 642 g/mol. The van der Waals surface area contributed by atoms with E-state index in [0.29, 0.717) is 12.2 Å². The van der Waals surface area contributed by atoms with Crippen LogP contribution in [0, 0.1) is 13.8 Å². The maximum atomic E-state index is 14.6. The summed E-state index contributed by atoms with van der Waals surface area (Å²) in [4.78, 5) is 30.1. The van der Waals surface area contributed by atoms with Crippen molar-refractivity contribution in [1.29, 1.82) is 0 Å². The molecule has 9 heteroatoms. The maximum Gasteiger partial charge on any atom is 0.264 e. The summed E-state index contributed by atoms with van der Waals surface area (Å²) in [7, 11) is -2.78. The molecule has 0 fully saturated rings. The monoisotopic (exact) mass is 641 g/mol. The molecule has 8 nitrogen and oxygen atoms in total. The van der Waals surface area contributed by atoms with Crippen molar-refractivity contribution in [2.45, 2.75) is 64.1 Å². The molecule has 0 aliphatic rings. The van der Waals surface area contributed by atoms with E-state index in [-0.39, 0.29) is 35.5 Å². The second-order valence-corrected chi connectivity index (χ2v) is 13.4. The van der Waals surface area contributed by atoms with Crippen LogP contribution in [0.5, 0.6) is 5.75 Å². The molecule has 4 aromatic rings. The van der Waals surface area contributed by atoms with E-state index in [9.17, 15) is 18.0 Å². The fourth-order valence-corrected chi connectivity index (χ4v) is 6.50. The molecule has 46 heavy (non-hydrogen) atoms. The predicted octanol–water partition coefficient (Wildman–Crippen LogP) is 6.06. The summed E-state index contributed by atoms with van der Waals surface area (Å²) in [6.45, 7) is 7.30. The Labute approximate surface area is 273 Å². The lowest BCUT2D eigenvalue weighted by molar-refractivity contribution is -0.140. The van der Waals surface area contributed by atoms with Gasteiger partial charge in [-0.2, -0.15) is 0 Å². The topological polar surface area (TPSA) is 96.0 Å². The first-order chi connectivity index (χ1) is 22.0. The third-order valence-corrected chi connectivity index (χ3v) is 9.76. The van der Waals surface area contributed by atoms with Crippen molar-refractivity contribution in [3.8, 4) is 5.75 Å². The summed E-state index contributed by atoms with van der Waals surface area (Å²) in [5.41, 5.74) is 3.88. The second-order valence-electron chi connectivity index (χ2n) is 11.5. The molecule has 242 valence electrons. The highest BCUT2D eigenvalue weighted by Crippen LogP contribution is 2.33. The highest BCUT2D eigenvalue weighted by molar-refractivity contribution is 7.92. The smallest absolute Gasteiger partial charge is 0.264 e. The molecule has 2 amide bonds. The Morgan fingerprint density at radius 3 is 2.00 bits per heavy atom. The number of aryl methyl sites for hydroxylation is 2. The maximum absolute atomic E-state index is 14.6. The largest absolute Gasteiger partial charge is 0.495 e. The lowest BCUT2D eigenvalue weighted by atomic mass is 10.0. The van der Waals surface area contributed by atoms with Crippen LogP contribution < -0.4 is 14.4 Å². The van der Waals surface area contributed by atoms with E-state index in [1.54, 1.807) is 36.4 Å². The lowest BCUT2D eigenvalue weighted by Gasteiger charge is -2.34. The van der Waals surface area contributed by atoms with Crippen molar-refractivity contribution in [3.05, 3.63) is 125 Å². The van der Waals surface area contributed by atoms with Gasteiger partial charge in [-0.25, -0.2) is 8.42 Å². The Kier molecular flexibility index (Phi) is 11.6. The second kappa shape index (κ2) is 15.6. The van der Waals surface area contributed by atoms with E-state index in [1.807, 2.05) is 82.3 Å². The molecule has 0 aliphatic heterocycles. The number of rotatable bonds is 14. The van der Waals surface area contributed by atoms with Gasteiger partial charge in [-0.15, -0.1) is 0 Å². The minimum Gasteiger partial charge on any atom is -0.495 e. The van der Waals surface area contributed by atoms with Gasteiger partial charge in [0.2, 0.25) is 11.8 Å². The van der Waals surface area contributed by atoms with Crippen LogP contribution >= 0.6 is 0 Å². The first kappa shape index (κ1) is 34.2. The zero-order chi connectivity index (χ0) is 33.3. The van der Waals surface area contributed by atoms with Crippen molar-refractivity contribution in [2.75, 3.05) is 18.0 Å². The van der Waals surface area contributed by atoms with Crippen LogP contribution in [0.2, 0.25) is 0 Å². The predicted molar refractivity (Wildman–Crippen MR) is 182 cm³/mol. The Morgan fingerprint density at radius 1 is 0.804 bits per heavy atom. The van der Waals surface area contributed by atoms with Gasteiger partial charge in [-0.1, -0.05) is 96.9 Å². The zero-order valence-electron chi connectivity index (χ0n) is 27.1. The molecule has 0 heterocycles. The highest BCUT2D eigenvalue weighted by atomic mass is 32.2. The molecule has 0 unspecified atom stereocenters. The molecule has 0 aliphatic carbocycles. The molecule has 0 bridgehead atoms. The normalized spacial score (nSPS) is 12.5. The van der Waals surface area contributed by atoms with Gasteiger partial charge in [0.1, 0.15) is 18.3 Å². The lowest BCUT2D eigenvalue weighted by Crippen LogP contribution is -2.54. The number of nitrogens with one attached hydrogen (secondary N) is 1. The molecule has 0 saturated carbocycles. The number of nitrogens with zero attached hydrogens (tertiary/aromatic N) is 2. The molecule has 4 rings (SSSR count). The molecule has 2 atom stereocenters. The Morgan fingerprint density at radius 2 is 1.39 bits per heavy atom. The van der Waals surface area contributed by atoms with E-state index in [4.69, 9.17) is 4.74 Å². The SMILES string of the molecule is CC[C@@H](C)NC(=O)[C@H](Cc1ccccc1)N(Cc1ccc(C)cc1)C(=O)CN(c1ccccc1OC)S(=O)(=O)c1ccc(C)cc1. The number of para-hydroxylation sites is 2. The van der Waals surface area contributed by atoms with Gasteiger partial charge < -0.3 is 15.0 Å². The van der Waals surface area contributed by atoms with Gasteiger partial charge in [-0.3, -0.25) is 13.9 Å². The zero-order valence-corrected chi connectivity index (χ0v) is 28.0. The molecule has 1 N–H and O–H groups in total. The van der Waals surface area contributed by atoms with Crippen molar-refractivity contribution in [3.63, 3.8) is 0 Å². The number of hydrogen-bond acceptors (Lipinski definition) is 5. The van der Waals surface area contributed by atoms with Gasteiger partial charge in [0.25, 0.3) is 10.0 Å². The number of ether oxygens (including phenoxy) is 1. The molecule has 0 saturated heterocycles. The average Bonchev–Trinajstić information content (AvgIpc) is 3.06. The number of carbonyl (C=O) groups is 2. The van der Waals surface area contributed by atoms with Crippen LogP contribution in [-0.2, 0) is 32.6 Å². The van der Waals surface area contributed by atoms with E-state index < -0.39 is 28.5 Å². The summed E-state index contributed by atoms with van der Waals surface area (Å²) in [6, 6.07) is 29.4. The Bertz CT molecular complexity index is 1710. The van der Waals surface area contributed by atoms with Gasteiger partial charge in [0.05, 0.1) is 17.7 Å². The van der Waals surface area contributed by atoms with Crippen molar-refractivity contribution >= 4 is 27.5 Å². The number of methoxy groups -OCH3 is 1. The quantitative estimate of drug-likeness (QED) is 0.181. The third-order valence-electron chi connectivity index (χ3n) is 7.99. The van der Waals surface area contributed by atoms with Crippen molar-refractivity contribution < 1.29 is 22.7 Å². The van der Waals surface area contributed by atoms with E-state index in [2.05, 4.69) is 5.32 Å². The minimum atomic E-state index is -4.23. The summed E-state index contributed by atoms with van der Waals surface area (Å²) in [6.07, 6.45) is 0.964. The fraction of sp³-hybridized carbons (Fsp3) is 0.297. The number of benzene rings is 4. The number of carbonyl (C=O) groups excluding carboxylic acids is 2. The standard InChI is InChI=1S/C37H43N3O5S/c1-6-29(4)38-37(42)34(24-30-12-8-7-9-13-30)39(25-31-20-16-27(2)17-21-31)36(41)26-40(33-14-10-11-15-35(33)45-5)46(43,44)32-22-18-28(3)19-23-32/h7-23,29,34H,6,24-26H2,1-5H3,(H,38,42)/t29-,34+/m1/s1. The molecular formula is C37H43N3O5S. The molecule has 0 radical (unpaired) electrons. The van der Waals surface area contributed by atoms with Crippen molar-refractivity contribution in [1.82, 2.24) is 10.2 Å². The van der Waals surface area contributed by atoms with Gasteiger partial charge in [0, 0.05) is 19.0 Å². The van der Waals surface area contributed by atoms with Gasteiger partial charge >= 0.3 is 0 Å². The Balaban J connectivity index is 1.83. The first-order valence-corrected chi connectivity index (χ1v) is 16.9. The van der Waals surface area contributed by atoms with Crippen LogP contribution in [0.25, 0.3) is 0 Å². The van der Waals surface area contributed by atoms with E-state index >= 15 is 0 Å². The van der Waals surface area contributed by atoms with Gasteiger partial charge in [-0.05, 0) is 62.6 Å². The summed E-state index contributed by atoms with van der Waals surface area (Å²) in [5, 5.41) is 3.06. The molecular weight excluding hydrogens is 598 g/mol. The van der Waals surface area contributed by atoms with Crippen LogP contribution in [0.4, 0.5) is 5.69 Å². The molecule has 0 aromatic heterocycles. The summed E-state index contributed by atoms with van der Waals surface area (Å²) < 4.78 is 35.2. The summed E-state index contributed by atoms with van der Waals surface area (Å²) >= 11 is 0. The molecule has 4 aromatic carbocycles. The third kappa shape index (κ3) is 8.54. The Hall–Kier alpha value is -4.63. The van der Waals surface area contributed by atoms with E-state index in [1.165, 1.54) is 24.1 Å². The number of hydrogen-bond donors (Lipinski definition) is 1. The van der Waals surface area contributed by atoms with E-state index in [0.717, 1.165) is 26.6 Å². The first-order valence-electron chi connectivity index (χ1n) is 15.4. The number of anilines is 1. The highest BCUT2D eigenvalue weighted by Gasteiger charge is 2.35. The van der Waals surface area contributed by atoms with Crippen LogP contribution in [0.15, 0.2) is 108 Å². The van der Waals surface area contributed by atoms with Crippen LogP contribution in [0.1, 0.15) is 42.5 Å². The van der Waals surface area contributed by atoms with Crippen molar-refractivity contribution in [2.24, 2.45) is 0 Å². The van der Waals surface area contributed by atoms with Crippen LogP contribution in [-0.4, -0.2) is 50.9 Å². The van der Waals surface area contributed by atoms with Gasteiger partial charge in [0.15, 0.2) is 0 Å². The number of amides is 2. The minimum absolute atomic E-state index is 0.0391. The van der Waals surface area contributed by atoms with Crippen LogP contribution in [0.3, 0.4) is 0 Å². The summed E-state index contributed by atoms with van der Waals surface area (Å²) in [5.74, 6) is -0.530.